The highest BCUT2D eigenvalue weighted by atomic mass is 35.5. The lowest BCUT2D eigenvalue weighted by Gasteiger charge is -2.17. The number of carbonyl (C=O) groups excluding carboxylic acids is 3. The van der Waals surface area contributed by atoms with Gasteiger partial charge in [0.25, 0.3) is 5.91 Å². The Morgan fingerprint density at radius 1 is 0.938 bits per heavy atom. The number of halogens is 1. The van der Waals surface area contributed by atoms with Crippen LogP contribution in [0.3, 0.4) is 0 Å². The highest BCUT2D eigenvalue weighted by Gasteiger charge is 2.27. The van der Waals surface area contributed by atoms with Crippen molar-refractivity contribution >= 4 is 45.9 Å². The number of H-pyrrole nitrogens is 1. The van der Waals surface area contributed by atoms with Crippen molar-refractivity contribution in [1.29, 1.82) is 0 Å². The highest BCUT2D eigenvalue weighted by Crippen LogP contribution is 2.32. The van der Waals surface area contributed by atoms with Gasteiger partial charge in [-0.05, 0) is 18.2 Å². The molecule has 1 amide bonds. The van der Waals surface area contributed by atoms with E-state index in [1.54, 1.807) is 72.8 Å². The second kappa shape index (κ2) is 9.08. The number of hydrogen-bond donors (Lipinski definition) is 2. The largest absolute Gasteiger partial charge is 0.447 e. The van der Waals surface area contributed by atoms with Crippen molar-refractivity contribution in [3.05, 3.63) is 101 Å². The summed E-state index contributed by atoms with van der Waals surface area (Å²) < 4.78 is 5.30. The summed E-state index contributed by atoms with van der Waals surface area (Å²) in [7, 11) is 0. The van der Waals surface area contributed by atoms with Crippen molar-refractivity contribution in [2.24, 2.45) is 0 Å². The first kappa shape index (κ1) is 21.3. The molecule has 2 N–H and O–H groups in total. The molecule has 1 atom stereocenters. The van der Waals surface area contributed by atoms with Gasteiger partial charge >= 0.3 is 5.97 Å². The fourth-order valence-electron chi connectivity index (χ4n) is 3.46. The molecule has 0 bridgehead atoms. The molecule has 4 rings (SSSR count). The molecule has 7 heteroatoms. The Morgan fingerprint density at radius 2 is 1.59 bits per heavy atom. The van der Waals surface area contributed by atoms with E-state index in [4.69, 9.17) is 16.3 Å². The average molecular weight is 447 g/mol. The van der Waals surface area contributed by atoms with Crippen LogP contribution in [-0.2, 0) is 14.3 Å². The highest BCUT2D eigenvalue weighted by molar-refractivity contribution is 6.31. The zero-order valence-corrected chi connectivity index (χ0v) is 17.8. The van der Waals surface area contributed by atoms with Crippen molar-refractivity contribution in [3.8, 4) is 0 Å². The van der Waals surface area contributed by atoms with Gasteiger partial charge in [-0.1, -0.05) is 72.3 Å². The summed E-state index contributed by atoms with van der Waals surface area (Å²) in [5.74, 6) is -1.47. The molecule has 1 aromatic heterocycles. The van der Waals surface area contributed by atoms with Crippen molar-refractivity contribution < 1.29 is 19.1 Å². The van der Waals surface area contributed by atoms with Crippen LogP contribution in [0.15, 0.2) is 78.9 Å². The van der Waals surface area contributed by atoms with Gasteiger partial charge in [0, 0.05) is 34.0 Å². The summed E-state index contributed by atoms with van der Waals surface area (Å²) in [6, 6.07) is 22.5. The van der Waals surface area contributed by atoms with Crippen LogP contribution in [0.1, 0.15) is 34.6 Å². The zero-order chi connectivity index (χ0) is 22.7. The summed E-state index contributed by atoms with van der Waals surface area (Å²) in [4.78, 5) is 41.2. The van der Waals surface area contributed by atoms with E-state index >= 15 is 0 Å². The average Bonchev–Trinajstić information content (AvgIpc) is 3.15. The summed E-state index contributed by atoms with van der Waals surface area (Å²) >= 11 is 6.12. The summed E-state index contributed by atoms with van der Waals surface area (Å²) in [5, 5.41) is 3.89. The van der Waals surface area contributed by atoms with Crippen molar-refractivity contribution in [2.75, 3.05) is 5.32 Å². The van der Waals surface area contributed by atoms with Gasteiger partial charge in [0.2, 0.25) is 11.9 Å². The molecule has 4 aromatic rings. The van der Waals surface area contributed by atoms with E-state index in [0.29, 0.717) is 32.7 Å². The zero-order valence-electron chi connectivity index (χ0n) is 17.1. The normalized spacial score (nSPS) is 11.7. The molecule has 1 unspecified atom stereocenters. The first-order valence-electron chi connectivity index (χ1n) is 9.88. The number of anilines is 1. The first-order chi connectivity index (χ1) is 15.4. The lowest BCUT2D eigenvalue weighted by molar-refractivity contribution is -0.152. The summed E-state index contributed by atoms with van der Waals surface area (Å²) in [6.07, 6.45) is -1.18. The van der Waals surface area contributed by atoms with E-state index in [9.17, 15) is 14.4 Å². The standard InChI is InChI=1S/C25H19ClN2O4/c1-15(29)32-24(17-10-6-3-7-11-17)25(31)28-21-19-13-12-18(26)14-20(19)27-22(21)23(30)16-8-4-2-5-9-16/h2-14,24,27H,1H3,(H,28,31). The lowest BCUT2D eigenvalue weighted by atomic mass is 10.1. The van der Waals surface area contributed by atoms with Crippen LogP contribution in [0.25, 0.3) is 10.9 Å². The van der Waals surface area contributed by atoms with Gasteiger partial charge in [0.15, 0.2) is 0 Å². The summed E-state index contributed by atoms with van der Waals surface area (Å²) in [5.41, 5.74) is 2.06. The third-order valence-electron chi connectivity index (χ3n) is 4.90. The van der Waals surface area contributed by atoms with Gasteiger partial charge in [-0.2, -0.15) is 0 Å². The van der Waals surface area contributed by atoms with Crippen LogP contribution in [0.5, 0.6) is 0 Å². The van der Waals surface area contributed by atoms with Gasteiger partial charge in [-0.3, -0.25) is 14.4 Å². The van der Waals surface area contributed by atoms with Crippen LogP contribution < -0.4 is 5.32 Å². The molecule has 3 aromatic carbocycles. The van der Waals surface area contributed by atoms with Crippen LogP contribution >= 0.6 is 11.6 Å². The molecule has 0 aliphatic carbocycles. The number of amides is 1. The van der Waals surface area contributed by atoms with E-state index in [1.165, 1.54) is 6.92 Å². The number of esters is 1. The van der Waals surface area contributed by atoms with E-state index < -0.39 is 18.0 Å². The van der Waals surface area contributed by atoms with E-state index in [2.05, 4.69) is 10.3 Å². The van der Waals surface area contributed by atoms with Gasteiger partial charge < -0.3 is 15.0 Å². The van der Waals surface area contributed by atoms with Crippen LogP contribution in [0.2, 0.25) is 5.02 Å². The van der Waals surface area contributed by atoms with E-state index in [0.717, 1.165) is 0 Å². The van der Waals surface area contributed by atoms with Gasteiger partial charge in [-0.25, -0.2) is 0 Å². The van der Waals surface area contributed by atoms with Gasteiger partial charge in [0.05, 0.1) is 5.69 Å². The number of fused-ring (bicyclic) bond motifs is 1. The molecule has 0 radical (unpaired) electrons. The van der Waals surface area contributed by atoms with Crippen LogP contribution in [0, 0.1) is 0 Å². The topological polar surface area (TPSA) is 88.3 Å². The third-order valence-corrected chi connectivity index (χ3v) is 5.13. The fraction of sp³-hybridized carbons (Fsp3) is 0.0800. The Kier molecular flexibility index (Phi) is 6.05. The number of nitrogens with one attached hydrogen (secondary N) is 2. The molecular formula is C25H19ClN2O4. The minimum Gasteiger partial charge on any atom is -0.447 e. The number of aromatic nitrogens is 1. The summed E-state index contributed by atoms with van der Waals surface area (Å²) in [6.45, 7) is 1.24. The number of benzene rings is 3. The van der Waals surface area contributed by atoms with Crippen molar-refractivity contribution in [1.82, 2.24) is 4.98 Å². The smallest absolute Gasteiger partial charge is 0.303 e. The number of hydrogen-bond acceptors (Lipinski definition) is 4. The molecule has 0 aliphatic rings. The minimum absolute atomic E-state index is 0.205. The van der Waals surface area contributed by atoms with Crippen LogP contribution in [-0.4, -0.2) is 22.6 Å². The number of ketones is 1. The number of ether oxygens (including phenoxy) is 1. The van der Waals surface area contributed by atoms with Gasteiger partial charge in [0.1, 0.15) is 5.69 Å². The van der Waals surface area contributed by atoms with Crippen LogP contribution in [0.4, 0.5) is 5.69 Å². The Morgan fingerprint density at radius 3 is 2.25 bits per heavy atom. The molecule has 0 saturated carbocycles. The molecular weight excluding hydrogens is 428 g/mol. The van der Waals surface area contributed by atoms with E-state index in [-0.39, 0.29) is 11.5 Å². The Hall–Kier alpha value is -3.90. The quantitative estimate of drug-likeness (QED) is 0.311. The molecule has 0 spiro atoms. The monoisotopic (exact) mass is 446 g/mol. The predicted octanol–water partition coefficient (Wildman–Crippen LogP) is 5.30. The van der Waals surface area contributed by atoms with Crippen molar-refractivity contribution in [3.63, 3.8) is 0 Å². The molecule has 0 aliphatic heterocycles. The molecule has 32 heavy (non-hydrogen) atoms. The maximum absolute atomic E-state index is 13.2. The van der Waals surface area contributed by atoms with Crippen molar-refractivity contribution in [2.45, 2.75) is 13.0 Å². The lowest BCUT2D eigenvalue weighted by Crippen LogP contribution is -2.25. The SMILES string of the molecule is CC(=O)OC(C(=O)Nc1c(C(=O)c2ccccc2)[nH]c2cc(Cl)ccc12)c1ccccc1. The number of carbonyl (C=O) groups is 3. The Balaban J connectivity index is 1.78. The molecule has 6 nitrogen and oxygen atoms in total. The Bertz CT molecular complexity index is 1300. The first-order valence-corrected chi connectivity index (χ1v) is 10.3. The number of rotatable bonds is 6. The second-order valence-corrected chi connectivity index (χ2v) is 7.59. The molecule has 0 fully saturated rings. The number of aromatic amines is 1. The third kappa shape index (κ3) is 4.40. The predicted molar refractivity (Wildman–Crippen MR) is 123 cm³/mol. The molecule has 0 saturated heterocycles. The molecule has 160 valence electrons. The van der Waals surface area contributed by atoms with Gasteiger partial charge in [-0.15, -0.1) is 0 Å². The maximum Gasteiger partial charge on any atom is 0.303 e. The molecule has 1 heterocycles. The second-order valence-electron chi connectivity index (χ2n) is 7.15. The Labute approximate surface area is 189 Å². The van der Waals surface area contributed by atoms with E-state index in [1.807, 2.05) is 6.07 Å². The minimum atomic E-state index is -1.18. The maximum atomic E-state index is 13.2. The fourth-order valence-corrected chi connectivity index (χ4v) is 3.63.